The smallest absolute Gasteiger partial charge is 0.242 e. The van der Waals surface area contributed by atoms with Gasteiger partial charge >= 0.3 is 0 Å². The molecule has 0 aliphatic carbocycles. The number of amides is 1. The number of likely N-dealkylation sites (tertiary alicyclic amines) is 1. The van der Waals surface area contributed by atoms with E-state index in [0.29, 0.717) is 0 Å². The van der Waals surface area contributed by atoms with Crippen LogP contribution in [0.3, 0.4) is 0 Å². The molecule has 0 bridgehead atoms. The molecule has 2 aliphatic rings. The fourth-order valence-corrected chi connectivity index (χ4v) is 20.0. The van der Waals surface area contributed by atoms with E-state index in [0.717, 1.165) is 5.69 Å². The third-order valence-electron chi connectivity index (χ3n) is 6.73. The number of pyridine rings is 1. The molecule has 2 fully saturated rings. The average Bonchev–Trinajstić information content (AvgIpc) is 2.90. The monoisotopic (exact) mass is 409 g/mol. The minimum absolute atomic E-state index is 0.0353. The standard InChI is InChI=1S/C22H31N3OSi2/c1-17(18-11-7-6-8-12-18)24-20(19-13-9-10-14-23-19)21(22(24)26)25-27(2,3)15-16-28(25,4)5/h6-14,17,20-21H,15-16H2,1-5H3/t17-,20-,21-/m1/s1. The van der Waals surface area contributed by atoms with Gasteiger partial charge in [0.2, 0.25) is 5.91 Å². The van der Waals surface area contributed by atoms with Gasteiger partial charge in [0.15, 0.2) is 0 Å². The summed E-state index contributed by atoms with van der Waals surface area (Å²) in [6.07, 6.45) is 1.86. The fourth-order valence-electron chi connectivity index (χ4n) is 5.35. The van der Waals surface area contributed by atoms with E-state index in [9.17, 15) is 4.79 Å². The highest BCUT2D eigenvalue weighted by molar-refractivity contribution is 6.95. The molecule has 0 spiro atoms. The van der Waals surface area contributed by atoms with Crippen molar-refractivity contribution >= 4 is 22.4 Å². The predicted molar refractivity (Wildman–Crippen MR) is 119 cm³/mol. The van der Waals surface area contributed by atoms with Gasteiger partial charge in [-0.2, -0.15) is 0 Å². The molecule has 0 saturated carbocycles. The van der Waals surface area contributed by atoms with E-state index in [-0.39, 0.29) is 24.0 Å². The number of carbonyl (C=O) groups is 1. The van der Waals surface area contributed by atoms with Crippen LogP contribution >= 0.6 is 0 Å². The molecule has 148 valence electrons. The van der Waals surface area contributed by atoms with Crippen molar-refractivity contribution in [3.05, 3.63) is 66.0 Å². The quantitative estimate of drug-likeness (QED) is 0.536. The Morgan fingerprint density at radius 2 is 1.54 bits per heavy atom. The molecule has 1 amide bonds. The van der Waals surface area contributed by atoms with Crippen molar-refractivity contribution in [2.24, 2.45) is 0 Å². The van der Waals surface area contributed by atoms with E-state index >= 15 is 0 Å². The Morgan fingerprint density at radius 3 is 2.11 bits per heavy atom. The molecular weight excluding hydrogens is 378 g/mol. The lowest BCUT2D eigenvalue weighted by Gasteiger charge is -2.58. The van der Waals surface area contributed by atoms with Gasteiger partial charge in [-0.25, -0.2) is 0 Å². The van der Waals surface area contributed by atoms with Crippen LogP contribution in [0.2, 0.25) is 38.3 Å². The van der Waals surface area contributed by atoms with Gasteiger partial charge in [-0.1, -0.05) is 62.6 Å². The van der Waals surface area contributed by atoms with Gasteiger partial charge in [-0.3, -0.25) is 9.78 Å². The predicted octanol–water partition coefficient (Wildman–Crippen LogP) is 4.82. The fraction of sp³-hybridized carbons (Fsp3) is 0.455. The van der Waals surface area contributed by atoms with Crippen molar-refractivity contribution in [3.63, 3.8) is 0 Å². The summed E-state index contributed by atoms with van der Waals surface area (Å²) in [5.41, 5.74) is 2.21. The average molecular weight is 410 g/mol. The van der Waals surface area contributed by atoms with Crippen molar-refractivity contribution in [3.8, 4) is 0 Å². The van der Waals surface area contributed by atoms with Crippen molar-refractivity contribution in [1.29, 1.82) is 0 Å². The Labute approximate surface area is 170 Å². The highest BCUT2D eigenvalue weighted by Crippen LogP contribution is 2.49. The van der Waals surface area contributed by atoms with E-state index in [2.05, 4.69) is 77.6 Å². The van der Waals surface area contributed by atoms with Crippen LogP contribution in [0.1, 0.15) is 30.3 Å². The summed E-state index contributed by atoms with van der Waals surface area (Å²) in [5.74, 6) is 0.287. The van der Waals surface area contributed by atoms with Crippen LogP contribution in [-0.2, 0) is 4.79 Å². The molecule has 4 rings (SSSR count). The lowest BCUT2D eigenvalue weighted by atomic mass is 9.88. The number of nitrogens with zero attached hydrogens (tertiary/aromatic N) is 3. The summed E-state index contributed by atoms with van der Waals surface area (Å²) in [5, 5.41) is 0. The molecule has 3 heterocycles. The van der Waals surface area contributed by atoms with Crippen molar-refractivity contribution < 1.29 is 4.79 Å². The molecule has 28 heavy (non-hydrogen) atoms. The van der Waals surface area contributed by atoms with Gasteiger partial charge in [-0.05, 0) is 36.7 Å². The Hall–Kier alpha value is -1.77. The van der Waals surface area contributed by atoms with E-state index in [1.54, 1.807) is 0 Å². The lowest BCUT2D eigenvalue weighted by molar-refractivity contribution is -0.159. The third kappa shape index (κ3) is 3.07. The van der Waals surface area contributed by atoms with Gasteiger partial charge in [0.1, 0.15) is 22.5 Å². The Kier molecular flexibility index (Phi) is 4.84. The number of hydrogen-bond acceptors (Lipinski definition) is 3. The van der Waals surface area contributed by atoms with Crippen molar-refractivity contribution in [2.45, 2.75) is 63.3 Å². The molecule has 0 unspecified atom stereocenters. The van der Waals surface area contributed by atoms with Crippen molar-refractivity contribution in [2.75, 3.05) is 0 Å². The van der Waals surface area contributed by atoms with Crippen LogP contribution < -0.4 is 0 Å². The molecule has 0 radical (unpaired) electrons. The first-order chi connectivity index (χ1) is 13.2. The van der Waals surface area contributed by atoms with Crippen LogP contribution in [0.25, 0.3) is 0 Å². The van der Waals surface area contributed by atoms with Crippen LogP contribution in [0.15, 0.2) is 54.7 Å². The molecule has 4 nitrogen and oxygen atoms in total. The first-order valence-electron chi connectivity index (χ1n) is 10.3. The summed E-state index contributed by atoms with van der Waals surface area (Å²) in [6, 6.07) is 19.1. The third-order valence-corrected chi connectivity index (χ3v) is 17.0. The molecular formula is C22H31N3OSi2. The van der Waals surface area contributed by atoms with Crippen LogP contribution in [0, 0.1) is 0 Å². The largest absolute Gasteiger partial charge is 0.333 e. The number of benzene rings is 1. The van der Waals surface area contributed by atoms with Crippen LogP contribution in [0.4, 0.5) is 0 Å². The molecule has 1 aromatic heterocycles. The normalized spacial score (nSPS) is 27.5. The van der Waals surface area contributed by atoms with E-state index in [1.165, 1.54) is 17.7 Å². The maximum atomic E-state index is 13.6. The van der Waals surface area contributed by atoms with Gasteiger partial charge in [-0.15, -0.1) is 0 Å². The number of aromatic nitrogens is 1. The van der Waals surface area contributed by atoms with Crippen LogP contribution in [-0.4, -0.2) is 42.5 Å². The highest BCUT2D eigenvalue weighted by atomic mass is 28.4. The molecule has 6 heteroatoms. The second-order valence-corrected chi connectivity index (χ2v) is 19.1. The number of β-lactam (4-membered cyclic amide) rings is 1. The van der Waals surface area contributed by atoms with Gasteiger partial charge in [0.05, 0.1) is 17.8 Å². The second-order valence-electron chi connectivity index (χ2n) is 9.47. The topological polar surface area (TPSA) is 36.4 Å². The molecule has 2 aliphatic heterocycles. The molecule has 1 aromatic carbocycles. The summed E-state index contributed by atoms with van der Waals surface area (Å²) < 4.78 is 2.75. The Bertz CT molecular complexity index is 841. The van der Waals surface area contributed by atoms with E-state index < -0.39 is 16.5 Å². The lowest BCUT2D eigenvalue weighted by Crippen LogP contribution is -2.73. The molecule has 3 atom stereocenters. The maximum Gasteiger partial charge on any atom is 0.242 e. The van der Waals surface area contributed by atoms with Gasteiger partial charge in [0.25, 0.3) is 0 Å². The molecule has 2 saturated heterocycles. The van der Waals surface area contributed by atoms with Gasteiger partial charge < -0.3 is 9.13 Å². The second kappa shape index (κ2) is 6.93. The summed E-state index contributed by atoms with van der Waals surface area (Å²) in [7, 11) is -3.16. The first-order valence-corrected chi connectivity index (χ1v) is 16.6. The van der Waals surface area contributed by atoms with Crippen LogP contribution in [0.5, 0.6) is 0 Å². The molecule has 2 aromatic rings. The Morgan fingerprint density at radius 1 is 0.929 bits per heavy atom. The van der Waals surface area contributed by atoms with Gasteiger partial charge in [0, 0.05) is 6.20 Å². The minimum atomic E-state index is -1.58. The van der Waals surface area contributed by atoms with Crippen molar-refractivity contribution in [1.82, 2.24) is 14.1 Å². The summed E-state index contributed by atoms with van der Waals surface area (Å²) >= 11 is 0. The van der Waals surface area contributed by atoms with E-state index in [4.69, 9.17) is 0 Å². The SMILES string of the molecule is C[C@H](c1ccccc1)N1C(=O)[C@H](N2[Si](C)(C)CC[Si]2(C)C)[C@H]1c1ccccn1. The Balaban J connectivity index is 1.75. The summed E-state index contributed by atoms with van der Waals surface area (Å²) in [6.45, 7) is 11.9. The maximum absolute atomic E-state index is 13.6. The first kappa shape index (κ1) is 19.5. The zero-order valence-corrected chi connectivity index (χ0v) is 19.6. The molecule has 0 N–H and O–H groups in total. The summed E-state index contributed by atoms with van der Waals surface area (Å²) in [4.78, 5) is 20.4. The zero-order valence-electron chi connectivity index (χ0n) is 17.6. The number of hydrogen-bond donors (Lipinski definition) is 0. The van der Waals surface area contributed by atoms with E-state index in [1.807, 2.05) is 24.4 Å². The zero-order chi connectivity index (χ0) is 20.1. The number of carbonyl (C=O) groups excluding carboxylic acids is 1. The number of rotatable bonds is 4. The highest BCUT2D eigenvalue weighted by Gasteiger charge is 2.61. The minimum Gasteiger partial charge on any atom is -0.333 e.